The van der Waals surface area contributed by atoms with E-state index in [1.54, 1.807) is 0 Å². The number of urea groups is 1. The van der Waals surface area contributed by atoms with E-state index < -0.39 is 0 Å². The molecule has 108 valence electrons. The van der Waals surface area contributed by atoms with Gasteiger partial charge in [-0.15, -0.1) is 0 Å². The largest absolute Gasteiger partial charge is 0.369 e. The van der Waals surface area contributed by atoms with Crippen LogP contribution in [0, 0.1) is 11.8 Å². The molecule has 0 aromatic rings. The van der Waals surface area contributed by atoms with Crippen LogP contribution in [-0.4, -0.2) is 36.0 Å². The number of likely N-dealkylation sites (tertiary alicyclic amines) is 1. The molecule has 3 amide bonds. The number of hydrogen-bond acceptors (Lipinski definition) is 2. The maximum atomic E-state index is 12.2. The Hall–Kier alpha value is -1.26. The molecule has 0 spiro atoms. The van der Waals surface area contributed by atoms with Crippen LogP contribution in [0.4, 0.5) is 4.79 Å². The first-order chi connectivity index (χ1) is 9.08. The van der Waals surface area contributed by atoms with Crippen molar-refractivity contribution < 1.29 is 9.59 Å². The molecule has 1 aliphatic heterocycles. The van der Waals surface area contributed by atoms with Gasteiger partial charge in [-0.1, -0.05) is 19.8 Å². The molecule has 5 heteroatoms. The van der Waals surface area contributed by atoms with Crippen LogP contribution in [0.2, 0.25) is 0 Å². The lowest BCUT2D eigenvalue weighted by Crippen LogP contribution is -2.51. The van der Waals surface area contributed by atoms with Crippen LogP contribution in [-0.2, 0) is 4.79 Å². The van der Waals surface area contributed by atoms with Gasteiger partial charge in [0.2, 0.25) is 5.91 Å². The summed E-state index contributed by atoms with van der Waals surface area (Å²) in [5, 5.41) is 3.15. The van der Waals surface area contributed by atoms with E-state index >= 15 is 0 Å². The molecule has 1 aliphatic carbocycles. The number of piperidine rings is 1. The Morgan fingerprint density at radius 3 is 2.32 bits per heavy atom. The first-order valence-electron chi connectivity index (χ1n) is 7.42. The van der Waals surface area contributed by atoms with Gasteiger partial charge < -0.3 is 16.0 Å². The van der Waals surface area contributed by atoms with E-state index in [1.165, 1.54) is 19.3 Å². The molecule has 0 aromatic heterocycles. The lowest BCUT2D eigenvalue weighted by molar-refractivity contribution is -0.123. The zero-order valence-electron chi connectivity index (χ0n) is 11.7. The van der Waals surface area contributed by atoms with Gasteiger partial charge in [0.05, 0.1) is 0 Å². The Morgan fingerprint density at radius 2 is 1.74 bits per heavy atom. The highest BCUT2D eigenvalue weighted by Gasteiger charge is 2.28. The fraction of sp³-hybridized carbons (Fsp3) is 0.857. The highest BCUT2D eigenvalue weighted by molar-refractivity contribution is 5.78. The lowest BCUT2D eigenvalue weighted by atomic mass is 9.86. The van der Waals surface area contributed by atoms with Crippen molar-refractivity contribution in [3.8, 4) is 0 Å². The second-order valence-electron chi connectivity index (χ2n) is 5.98. The Bertz CT molecular complexity index is 338. The van der Waals surface area contributed by atoms with Gasteiger partial charge in [0.15, 0.2) is 0 Å². The third-order valence-corrected chi connectivity index (χ3v) is 4.60. The minimum atomic E-state index is -0.235. The minimum absolute atomic E-state index is 0.0293. The van der Waals surface area contributed by atoms with Crippen LogP contribution in [0.25, 0.3) is 0 Å². The molecule has 2 fully saturated rings. The molecule has 2 unspecified atom stereocenters. The standard InChI is InChI=1S/C14H25N3O2/c1-10-4-2-3-5-12(10)16-14(19)17-8-6-11(7-9-17)13(15)18/h10-12H,2-9H2,1H3,(H2,15,18)(H,16,19). The molecule has 5 nitrogen and oxygen atoms in total. The predicted molar refractivity (Wildman–Crippen MR) is 73.4 cm³/mol. The SMILES string of the molecule is CC1CCCCC1NC(=O)N1CCC(C(N)=O)CC1. The zero-order chi connectivity index (χ0) is 13.8. The maximum Gasteiger partial charge on any atom is 0.317 e. The average molecular weight is 267 g/mol. The Morgan fingerprint density at radius 1 is 1.11 bits per heavy atom. The minimum Gasteiger partial charge on any atom is -0.369 e. The molecular formula is C14H25N3O2. The van der Waals surface area contributed by atoms with Crippen LogP contribution < -0.4 is 11.1 Å². The van der Waals surface area contributed by atoms with Crippen LogP contribution in [0.3, 0.4) is 0 Å². The number of nitrogens with one attached hydrogen (secondary N) is 1. The molecule has 2 atom stereocenters. The molecule has 0 radical (unpaired) electrons. The van der Waals surface area contributed by atoms with E-state index in [4.69, 9.17) is 5.73 Å². The van der Waals surface area contributed by atoms with E-state index in [0.29, 0.717) is 37.9 Å². The number of nitrogens with zero attached hydrogens (tertiary/aromatic N) is 1. The van der Waals surface area contributed by atoms with Gasteiger partial charge in [0.25, 0.3) is 0 Å². The highest BCUT2D eigenvalue weighted by Crippen LogP contribution is 2.24. The van der Waals surface area contributed by atoms with Gasteiger partial charge in [-0.2, -0.15) is 0 Å². The number of nitrogens with two attached hydrogens (primary N) is 1. The summed E-state index contributed by atoms with van der Waals surface area (Å²) >= 11 is 0. The molecule has 1 saturated heterocycles. The van der Waals surface area contributed by atoms with Gasteiger partial charge in [0.1, 0.15) is 0 Å². The molecule has 3 N–H and O–H groups in total. The van der Waals surface area contributed by atoms with Crippen molar-refractivity contribution in [3.63, 3.8) is 0 Å². The van der Waals surface area contributed by atoms with Crippen LogP contribution in [0.15, 0.2) is 0 Å². The third kappa shape index (κ3) is 3.61. The third-order valence-electron chi connectivity index (χ3n) is 4.60. The zero-order valence-corrected chi connectivity index (χ0v) is 11.7. The monoisotopic (exact) mass is 267 g/mol. The van der Waals surface area contributed by atoms with E-state index in [0.717, 1.165) is 6.42 Å². The topological polar surface area (TPSA) is 75.4 Å². The number of carbonyl (C=O) groups excluding carboxylic acids is 2. The fourth-order valence-corrected chi connectivity index (χ4v) is 3.15. The molecular weight excluding hydrogens is 242 g/mol. The van der Waals surface area contributed by atoms with Crippen molar-refractivity contribution in [1.82, 2.24) is 10.2 Å². The van der Waals surface area contributed by atoms with Gasteiger partial charge in [-0.25, -0.2) is 4.79 Å². The van der Waals surface area contributed by atoms with E-state index in [2.05, 4.69) is 12.2 Å². The van der Waals surface area contributed by atoms with Crippen LogP contribution >= 0.6 is 0 Å². The maximum absolute atomic E-state index is 12.2. The smallest absolute Gasteiger partial charge is 0.317 e. The van der Waals surface area contributed by atoms with Crippen LogP contribution in [0.1, 0.15) is 45.4 Å². The molecule has 0 aromatic carbocycles. The summed E-state index contributed by atoms with van der Waals surface area (Å²) in [5.74, 6) is 0.277. The van der Waals surface area contributed by atoms with Gasteiger partial charge in [-0.3, -0.25) is 4.79 Å². The normalized spacial score (nSPS) is 29.0. The van der Waals surface area contributed by atoms with E-state index in [1.807, 2.05) is 4.90 Å². The summed E-state index contributed by atoms with van der Waals surface area (Å²) in [4.78, 5) is 25.1. The number of amides is 3. The quantitative estimate of drug-likeness (QED) is 0.795. The molecule has 19 heavy (non-hydrogen) atoms. The van der Waals surface area contributed by atoms with Crippen LogP contribution in [0.5, 0.6) is 0 Å². The summed E-state index contributed by atoms with van der Waals surface area (Å²) in [6.07, 6.45) is 6.17. The molecule has 2 rings (SSSR count). The summed E-state index contributed by atoms with van der Waals surface area (Å²) in [7, 11) is 0. The summed E-state index contributed by atoms with van der Waals surface area (Å²) in [5.41, 5.74) is 5.30. The second-order valence-corrected chi connectivity index (χ2v) is 5.98. The number of primary amides is 1. The van der Waals surface area contributed by atoms with Gasteiger partial charge in [0, 0.05) is 25.0 Å². The predicted octanol–water partition coefficient (Wildman–Crippen LogP) is 1.47. The van der Waals surface area contributed by atoms with Crippen molar-refractivity contribution in [3.05, 3.63) is 0 Å². The van der Waals surface area contributed by atoms with Crippen molar-refractivity contribution >= 4 is 11.9 Å². The fourth-order valence-electron chi connectivity index (χ4n) is 3.15. The van der Waals surface area contributed by atoms with Gasteiger partial charge in [-0.05, 0) is 31.6 Å². The highest BCUT2D eigenvalue weighted by atomic mass is 16.2. The van der Waals surface area contributed by atoms with E-state index in [9.17, 15) is 9.59 Å². The first kappa shape index (κ1) is 14.2. The van der Waals surface area contributed by atoms with Gasteiger partial charge >= 0.3 is 6.03 Å². The number of rotatable bonds is 2. The van der Waals surface area contributed by atoms with Crippen molar-refractivity contribution in [2.45, 2.75) is 51.5 Å². The van der Waals surface area contributed by atoms with Crippen molar-refractivity contribution in [2.75, 3.05) is 13.1 Å². The Labute approximate surface area is 114 Å². The molecule has 0 bridgehead atoms. The Kier molecular flexibility index (Phi) is 4.66. The first-order valence-corrected chi connectivity index (χ1v) is 7.42. The lowest BCUT2D eigenvalue weighted by Gasteiger charge is -2.35. The average Bonchev–Trinajstić information content (AvgIpc) is 2.41. The Balaban J connectivity index is 1.79. The van der Waals surface area contributed by atoms with Crippen molar-refractivity contribution in [2.24, 2.45) is 17.6 Å². The summed E-state index contributed by atoms with van der Waals surface area (Å²) < 4.78 is 0. The molecule has 1 saturated carbocycles. The summed E-state index contributed by atoms with van der Waals surface area (Å²) in [6, 6.07) is 0.344. The second kappa shape index (κ2) is 6.26. The molecule has 2 aliphatic rings. The summed E-state index contributed by atoms with van der Waals surface area (Å²) in [6.45, 7) is 3.49. The number of hydrogen-bond donors (Lipinski definition) is 2. The van der Waals surface area contributed by atoms with E-state index in [-0.39, 0.29) is 17.9 Å². The van der Waals surface area contributed by atoms with Crippen molar-refractivity contribution in [1.29, 1.82) is 0 Å². The molecule has 1 heterocycles. The number of carbonyl (C=O) groups is 2.